The summed E-state index contributed by atoms with van der Waals surface area (Å²) in [5.41, 5.74) is 2.94. The molecule has 0 aromatic carbocycles. The number of aromatic nitrogens is 2. The van der Waals surface area contributed by atoms with Crippen LogP contribution in [-0.4, -0.2) is 15.6 Å². The molecular formula is C13H20N2O. The van der Waals surface area contributed by atoms with Gasteiger partial charge in [0, 0.05) is 12.7 Å². The molecule has 0 spiro atoms. The standard InChI is InChI=1S/C13H20N2O/c1-5-10(6-2)13(16)9-12-8-11(7-3)14-15(12)4/h5,8H,6-7,9H2,1-4H3. The Morgan fingerprint density at radius 2 is 2.19 bits per heavy atom. The zero-order valence-electron chi connectivity index (χ0n) is 10.6. The van der Waals surface area contributed by atoms with Gasteiger partial charge in [-0.05, 0) is 31.4 Å². The van der Waals surface area contributed by atoms with E-state index in [0.29, 0.717) is 6.42 Å². The van der Waals surface area contributed by atoms with Crippen molar-refractivity contribution in [3.63, 3.8) is 0 Å². The monoisotopic (exact) mass is 220 g/mol. The summed E-state index contributed by atoms with van der Waals surface area (Å²) in [5, 5.41) is 4.34. The molecule has 0 atom stereocenters. The number of hydrogen-bond acceptors (Lipinski definition) is 2. The molecule has 88 valence electrons. The molecule has 1 heterocycles. The van der Waals surface area contributed by atoms with Gasteiger partial charge < -0.3 is 0 Å². The van der Waals surface area contributed by atoms with Crippen molar-refractivity contribution >= 4 is 5.78 Å². The summed E-state index contributed by atoms with van der Waals surface area (Å²) in [6, 6.07) is 2.01. The Bertz CT molecular complexity index is 402. The van der Waals surface area contributed by atoms with Crippen LogP contribution in [0.2, 0.25) is 0 Å². The zero-order chi connectivity index (χ0) is 12.1. The van der Waals surface area contributed by atoms with Crippen molar-refractivity contribution in [3.05, 3.63) is 29.1 Å². The molecule has 0 saturated heterocycles. The predicted octanol–water partition coefficient (Wildman–Crippen LogP) is 2.45. The third kappa shape index (κ3) is 2.81. The van der Waals surface area contributed by atoms with Crippen LogP contribution in [0.25, 0.3) is 0 Å². The van der Waals surface area contributed by atoms with Gasteiger partial charge in [0.25, 0.3) is 0 Å². The maximum Gasteiger partial charge on any atom is 0.164 e. The van der Waals surface area contributed by atoms with E-state index in [1.807, 2.05) is 33.0 Å². The molecule has 0 fully saturated rings. The van der Waals surface area contributed by atoms with Gasteiger partial charge in [-0.15, -0.1) is 0 Å². The van der Waals surface area contributed by atoms with Crippen LogP contribution >= 0.6 is 0 Å². The molecule has 0 saturated carbocycles. The van der Waals surface area contributed by atoms with Crippen LogP contribution in [0.15, 0.2) is 17.7 Å². The quantitative estimate of drug-likeness (QED) is 0.714. The second-order valence-corrected chi connectivity index (χ2v) is 3.87. The highest BCUT2D eigenvalue weighted by Crippen LogP contribution is 2.10. The topological polar surface area (TPSA) is 34.9 Å². The fourth-order valence-corrected chi connectivity index (χ4v) is 1.75. The first kappa shape index (κ1) is 12.7. The maximum atomic E-state index is 11.9. The van der Waals surface area contributed by atoms with Crippen molar-refractivity contribution in [1.82, 2.24) is 9.78 Å². The molecule has 0 amide bonds. The Kier molecular flexibility index (Phi) is 4.47. The van der Waals surface area contributed by atoms with Gasteiger partial charge in [-0.25, -0.2) is 0 Å². The number of nitrogens with zero attached hydrogens (tertiary/aromatic N) is 2. The average Bonchev–Trinajstić information content (AvgIpc) is 2.61. The van der Waals surface area contributed by atoms with Crippen LogP contribution < -0.4 is 0 Å². The number of allylic oxidation sites excluding steroid dienone is 2. The maximum absolute atomic E-state index is 11.9. The van der Waals surface area contributed by atoms with Crippen LogP contribution in [-0.2, 0) is 24.7 Å². The molecule has 1 aromatic heterocycles. The number of carbonyl (C=O) groups is 1. The highest BCUT2D eigenvalue weighted by Gasteiger charge is 2.11. The second-order valence-electron chi connectivity index (χ2n) is 3.87. The van der Waals surface area contributed by atoms with E-state index in [1.54, 1.807) is 4.68 Å². The van der Waals surface area contributed by atoms with Crippen molar-refractivity contribution < 1.29 is 4.79 Å². The Morgan fingerprint density at radius 3 is 2.62 bits per heavy atom. The fraction of sp³-hybridized carbons (Fsp3) is 0.538. The summed E-state index contributed by atoms with van der Waals surface area (Å²) < 4.78 is 1.81. The molecule has 0 unspecified atom stereocenters. The van der Waals surface area contributed by atoms with Crippen molar-refractivity contribution in [2.75, 3.05) is 0 Å². The van der Waals surface area contributed by atoms with Crippen molar-refractivity contribution in [2.45, 2.75) is 40.0 Å². The molecule has 0 radical (unpaired) electrons. The highest BCUT2D eigenvalue weighted by atomic mass is 16.1. The lowest BCUT2D eigenvalue weighted by Crippen LogP contribution is -2.09. The number of aryl methyl sites for hydroxylation is 2. The molecule has 0 aliphatic heterocycles. The van der Waals surface area contributed by atoms with E-state index in [9.17, 15) is 4.79 Å². The Balaban J connectivity index is 2.80. The highest BCUT2D eigenvalue weighted by molar-refractivity contribution is 5.96. The largest absolute Gasteiger partial charge is 0.294 e. The van der Waals surface area contributed by atoms with Gasteiger partial charge in [-0.1, -0.05) is 19.9 Å². The van der Waals surface area contributed by atoms with E-state index in [2.05, 4.69) is 12.0 Å². The molecule has 16 heavy (non-hydrogen) atoms. The van der Waals surface area contributed by atoms with E-state index in [4.69, 9.17) is 0 Å². The van der Waals surface area contributed by atoms with Crippen LogP contribution in [0.5, 0.6) is 0 Å². The van der Waals surface area contributed by atoms with E-state index in [-0.39, 0.29) is 5.78 Å². The molecule has 3 nitrogen and oxygen atoms in total. The van der Waals surface area contributed by atoms with Gasteiger partial charge in [-0.2, -0.15) is 5.10 Å². The van der Waals surface area contributed by atoms with Gasteiger partial charge in [0.1, 0.15) is 0 Å². The van der Waals surface area contributed by atoms with Crippen molar-refractivity contribution in [2.24, 2.45) is 7.05 Å². The summed E-state index contributed by atoms with van der Waals surface area (Å²) >= 11 is 0. The molecule has 0 bridgehead atoms. The second kappa shape index (κ2) is 5.64. The van der Waals surface area contributed by atoms with Crippen molar-refractivity contribution in [3.8, 4) is 0 Å². The SMILES string of the molecule is CC=C(CC)C(=O)Cc1cc(CC)nn1C. The summed E-state index contributed by atoms with van der Waals surface area (Å²) in [7, 11) is 1.89. The van der Waals surface area contributed by atoms with E-state index in [1.165, 1.54) is 0 Å². The van der Waals surface area contributed by atoms with E-state index >= 15 is 0 Å². The number of carbonyl (C=O) groups excluding carboxylic acids is 1. The number of rotatable bonds is 5. The number of Topliss-reactive ketones (excluding diaryl/α,β-unsaturated/α-hetero) is 1. The van der Waals surface area contributed by atoms with Crippen LogP contribution in [0.1, 0.15) is 38.6 Å². The first-order valence-corrected chi connectivity index (χ1v) is 5.82. The lowest BCUT2D eigenvalue weighted by atomic mass is 10.0. The zero-order valence-corrected chi connectivity index (χ0v) is 10.6. The molecule has 1 rings (SSSR count). The minimum Gasteiger partial charge on any atom is -0.294 e. The first-order valence-electron chi connectivity index (χ1n) is 5.82. The number of ketones is 1. The van der Waals surface area contributed by atoms with Crippen molar-refractivity contribution in [1.29, 1.82) is 0 Å². The molecule has 0 aliphatic rings. The minimum atomic E-state index is 0.204. The van der Waals surface area contributed by atoms with Gasteiger partial charge in [0.2, 0.25) is 0 Å². The van der Waals surface area contributed by atoms with Gasteiger partial charge in [-0.3, -0.25) is 9.48 Å². The number of hydrogen-bond donors (Lipinski definition) is 0. The fourth-order valence-electron chi connectivity index (χ4n) is 1.75. The van der Waals surface area contributed by atoms with Crippen LogP contribution in [0, 0.1) is 0 Å². The Labute approximate surface area is 97.2 Å². The van der Waals surface area contributed by atoms with E-state index in [0.717, 1.165) is 29.8 Å². The minimum absolute atomic E-state index is 0.204. The van der Waals surface area contributed by atoms with Crippen LogP contribution in [0.4, 0.5) is 0 Å². The van der Waals surface area contributed by atoms with Gasteiger partial charge >= 0.3 is 0 Å². The third-order valence-corrected chi connectivity index (χ3v) is 2.82. The van der Waals surface area contributed by atoms with Gasteiger partial charge in [0.15, 0.2) is 5.78 Å². The molecule has 0 N–H and O–H groups in total. The normalized spacial score (nSPS) is 11.9. The van der Waals surface area contributed by atoms with Gasteiger partial charge in [0.05, 0.1) is 12.1 Å². The Morgan fingerprint density at radius 1 is 1.50 bits per heavy atom. The lowest BCUT2D eigenvalue weighted by molar-refractivity contribution is -0.115. The first-order chi connectivity index (χ1) is 7.62. The Hall–Kier alpha value is -1.38. The summed E-state index contributed by atoms with van der Waals surface area (Å²) in [5.74, 6) is 0.204. The average molecular weight is 220 g/mol. The van der Waals surface area contributed by atoms with Crippen LogP contribution in [0.3, 0.4) is 0 Å². The smallest absolute Gasteiger partial charge is 0.164 e. The lowest BCUT2D eigenvalue weighted by Gasteiger charge is -2.03. The molecule has 3 heteroatoms. The third-order valence-electron chi connectivity index (χ3n) is 2.82. The van der Waals surface area contributed by atoms with E-state index < -0.39 is 0 Å². The summed E-state index contributed by atoms with van der Waals surface area (Å²) in [4.78, 5) is 11.9. The molecule has 1 aromatic rings. The predicted molar refractivity (Wildman–Crippen MR) is 65.3 cm³/mol. The summed E-state index contributed by atoms with van der Waals surface area (Å²) in [6.07, 6.45) is 4.07. The summed E-state index contributed by atoms with van der Waals surface area (Å²) in [6.45, 7) is 5.99. The molecule has 0 aliphatic carbocycles. The molecular weight excluding hydrogens is 200 g/mol.